The van der Waals surface area contributed by atoms with Crippen LogP contribution < -0.4 is 14.8 Å². The summed E-state index contributed by atoms with van der Waals surface area (Å²) in [6.07, 6.45) is 2.36. The van der Waals surface area contributed by atoms with Gasteiger partial charge in [-0.3, -0.25) is 4.72 Å². The van der Waals surface area contributed by atoms with Crippen molar-refractivity contribution in [3.8, 4) is 11.9 Å². The van der Waals surface area contributed by atoms with Crippen LogP contribution in [0.1, 0.15) is 6.92 Å². The van der Waals surface area contributed by atoms with Crippen molar-refractivity contribution in [3.05, 3.63) is 48.4 Å². The molecule has 0 unspecified atom stereocenters. The van der Waals surface area contributed by atoms with Gasteiger partial charge in [-0.05, 0) is 31.2 Å². The second-order valence-corrected chi connectivity index (χ2v) is 6.79. The molecule has 0 aliphatic heterocycles. The average Bonchev–Trinajstić information content (AvgIpc) is 2.69. The number of carbonyl (C=O) groups excluding carboxylic acids is 1. The Balaban J connectivity index is 2.12. The van der Waals surface area contributed by atoms with Crippen LogP contribution >= 0.6 is 0 Å². The number of esters is 1. The molecule has 0 bridgehead atoms. The highest BCUT2D eigenvalue weighted by molar-refractivity contribution is 7.92. The van der Waals surface area contributed by atoms with E-state index < -0.39 is 16.0 Å². The third kappa shape index (κ3) is 5.42. The molecule has 1 aromatic heterocycles. The number of nitrogens with zero attached hydrogens (tertiary/aromatic N) is 3. The van der Waals surface area contributed by atoms with Crippen LogP contribution in [0.3, 0.4) is 0 Å². The molecule has 0 fully saturated rings. The summed E-state index contributed by atoms with van der Waals surface area (Å²) in [7, 11) is -2.47. The van der Waals surface area contributed by atoms with Crippen LogP contribution in [0.15, 0.2) is 53.3 Å². The zero-order chi connectivity index (χ0) is 20.6. The highest BCUT2D eigenvalue weighted by atomic mass is 32.2. The van der Waals surface area contributed by atoms with Gasteiger partial charge in [0.05, 0.1) is 18.6 Å². The van der Waals surface area contributed by atoms with Gasteiger partial charge < -0.3 is 14.8 Å². The Morgan fingerprint density at radius 2 is 2.00 bits per heavy atom. The van der Waals surface area contributed by atoms with Crippen LogP contribution in [0.5, 0.6) is 5.88 Å². The molecule has 2 N–H and O–H groups in total. The number of hydrogen-bond acceptors (Lipinski definition) is 9. The molecule has 10 nitrogen and oxygen atoms in total. The van der Waals surface area contributed by atoms with Crippen molar-refractivity contribution < 1.29 is 22.7 Å². The molecule has 1 aromatic carbocycles. The fourth-order valence-corrected chi connectivity index (χ4v) is 2.93. The van der Waals surface area contributed by atoms with E-state index in [4.69, 9.17) is 14.7 Å². The summed E-state index contributed by atoms with van der Waals surface area (Å²) in [4.78, 5) is 19.2. The number of nitrogens with one attached hydrogen (secondary N) is 2. The molecule has 0 radical (unpaired) electrons. The van der Waals surface area contributed by atoms with E-state index in [9.17, 15) is 13.2 Å². The van der Waals surface area contributed by atoms with Crippen molar-refractivity contribution in [3.63, 3.8) is 0 Å². The molecule has 146 valence electrons. The van der Waals surface area contributed by atoms with Gasteiger partial charge in [-0.25, -0.2) is 23.2 Å². The fraction of sp³-hybridized carbons (Fsp3) is 0.176. The average molecular weight is 403 g/mol. The summed E-state index contributed by atoms with van der Waals surface area (Å²) >= 11 is 0. The summed E-state index contributed by atoms with van der Waals surface area (Å²) in [6, 6.07) is 8.73. The Bertz CT molecular complexity index is 1010. The first-order valence-electron chi connectivity index (χ1n) is 7.92. The number of sulfonamides is 1. The number of benzene rings is 1. The first-order chi connectivity index (χ1) is 13.4. The maximum Gasteiger partial charge on any atom is 0.350 e. The first kappa shape index (κ1) is 20.7. The Morgan fingerprint density at radius 3 is 2.61 bits per heavy atom. The van der Waals surface area contributed by atoms with Crippen LogP contribution in [-0.4, -0.2) is 38.1 Å². The number of aromatic nitrogens is 2. The Labute approximate surface area is 161 Å². The van der Waals surface area contributed by atoms with Gasteiger partial charge in [0.15, 0.2) is 5.57 Å². The van der Waals surface area contributed by atoms with Gasteiger partial charge in [-0.1, -0.05) is 0 Å². The van der Waals surface area contributed by atoms with E-state index in [0.717, 1.165) is 0 Å². The maximum absolute atomic E-state index is 12.4. The molecular weight excluding hydrogens is 386 g/mol. The third-order valence-corrected chi connectivity index (χ3v) is 4.62. The quantitative estimate of drug-likeness (QED) is 0.382. The molecule has 28 heavy (non-hydrogen) atoms. The minimum absolute atomic E-state index is 0.00879. The second-order valence-electron chi connectivity index (χ2n) is 5.11. The molecule has 0 saturated heterocycles. The van der Waals surface area contributed by atoms with Gasteiger partial charge in [-0.2, -0.15) is 5.26 Å². The number of anilines is 2. The Morgan fingerprint density at radius 1 is 1.29 bits per heavy atom. The van der Waals surface area contributed by atoms with Crippen molar-refractivity contribution in [1.29, 1.82) is 5.26 Å². The van der Waals surface area contributed by atoms with E-state index >= 15 is 0 Å². The van der Waals surface area contributed by atoms with Crippen molar-refractivity contribution >= 4 is 27.5 Å². The SMILES string of the molecule is CCOC(=O)/C(C#N)=C\Nc1ccc(S(=O)(=O)Nc2cc(OC)ncn2)cc1. The molecular formula is C17H17N5O5S. The standard InChI is InChI=1S/C17H17N5O5S/c1-3-27-17(23)12(9-18)10-19-13-4-6-14(7-5-13)28(24,25)22-15-8-16(26-2)21-11-20-15/h4-8,10-11,19H,3H2,1-2H3,(H,20,21,22)/b12-10-. The van der Waals surface area contributed by atoms with Gasteiger partial charge in [0.1, 0.15) is 18.2 Å². The lowest BCUT2D eigenvalue weighted by molar-refractivity contribution is -0.138. The van der Waals surface area contributed by atoms with E-state index in [1.54, 1.807) is 13.0 Å². The number of nitriles is 1. The minimum Gasteiger partial charge on any atom is -0.481 e. The second kappa shape index (κ2) is 9.33. The molecule has 0 amide bonds. The molecule has 1 heterocycles. The highest BCUT2D eigenvalue weighted by Gasteiger charge is 2.15. The molecule has 2 rings (SSSR count). The summed E-state index contributed by atoms with van der Waals surface area (Å²) in [5, 5.41) is 11.7. The number of carbonyl (C=O) groups is 1. The summed E-state index contributed by atoms with van der Waals surface area (Å²) in [5.74, 6) is -0.472. The van der Waals surface area contributed by atoms with Gasteiger partial charge in [0, 0.05) is 18.0 Å². The van der Waals surface area contributed by atoms with Gasteiger partial charge in [0.25, 0.3) is 10.0 Å². The highest BCUT2D eigenvalue weighted by Crippen LogP contribution is 2.19. The molecule has 0 aliphatic carbocycles. The van der Waals surface area contributed by atoms with Crippen LogP contribution in [0.4, 0.5) is 11.5 Å². The van der Waals surface area contributed by atoms with Crippen LogP contribution in [0.2, 0.25) is 0 Å². The van der Waals surface area contributed by atoms with E-state index in [-0.39, 0.29) is 28.8 Å². The molecule has 0 spiro atoms. The van der Waals surface area contributed by atoms with Crippen molar-refractivity contribution in [2.24, 2.45) is 0 Å². The lowest BCUT2D eigenvalue weighted by atomic mass is 10.3. The zero-order valence-electron chi connectivity index (χ0n) is 15.0. The van der Waals surface area contributed by atoms with Gasteiger partial charge >= 0.3 is 5.97 Å². The van der Waals surface area contributed by atoms with Crippen LogP contribution in [-0.2, 0) is 19.6 Å². The lowest BCUT2D eigenvalue weighted by Gasteiger charge is -2.09. The largest absolute Gasteiger partial charge is 0.481 e. The predicted octanol–water partition coefficient (Wildman–Crippen LogP) is 1.67. The number of ether oxygens (including phenoxy) is 2. The minimum atomic E-state index is -3.88. The van der Waals surface area contributed by atoms with Crippen molar-refractivity contribution in [2.45, 2.75) is 11.8 Å². The number of hydrogen-bond donors (Lipinski definition) is 2. The third-order valence-electron chi connectivity index (χ3n) is 3.25. The first-order valence-corrected chi connectivity index (χ1v) is 9.40. The monoisotopic (exact) mass is 403 g/mol. The van der Waals surface area contributed by atoms with Crippen molar-refractivity contribution in [2.75, 3.05) is 23.8 Å². The summed E-state index contributed by atoms with van der Waals surface area (Å²) in [5.41, 5.74) is 0.262. The zero-order valence-corrected chi connectivity index (χ0v) is 15.9. The predicted molar refractivity (Wildman–Crippen MR) is 99.8 cm³/mol. The molecule has 2 aromatic rings. The fourth-order valence-electron chi connectivity index (χ4n) is 1.94. The van der Waals surface area contributed by atoms with E-state index in [0.29, 0.717) is 5.69 Å². The molecule has 0 atom stereocenters. The number of methoxy groups -OCH3 is 1. The van der Waals surface area contributed by atoms with Crippen molar-refractivity contribution in [1.82, 2.24) is 9.97 Å². The van der Waals surface area contributed by atoms with Gasteiger partial charge in [-0.15, -0.1) is 0 Å². The van der Waals surface area contributed by atoms with Crippen LogP contribution in [0, 0.1) is 11.3 Å². The molecule has 0 saturated carbocycles. The Hall–Kier alpha value is -3.65. The summed E-state index contributed by atoms with van der Waals surface area (Å²) in [6.45, 7) is 1.78. The summed E-state index contributed by atoms with van der Waals surface area (Å²) < 4.78 is 36.9. The number of rotatable bonds is 8. The Kier molecular flexibility index (Phi) is 6.89. The van der Waals surface area contributed by atoms with E-state index in [2.05, 4.69) is 20.0 Å². The topological polar surface area (TPSA) is 143 Å². The maximum atomic E-state index is 12.4. The lowest BCUT2D eigenvalue weighted by Crippen LogP contribution is -2.14. The van der Waals surface area contributed by atoms with Gasteiger partial charge in [0.2, 0.25) is 5.88 Å². The van der Waals surface area contributed by atoms with E-state index in [1.165, 1.54) is 50.0 Å². The smallest absolute Gasteiger partial charge is 0.350 e. The van der Waals surface area contributed by atoms with Crippen LogP contribution in [0.25, 0.3) is 0 Å². The molecule has 11 heteroatoms. The normalized spacial score (nSPS) is 11.2. The molecule has 0 aliphatic rings. The van der Waals surface area contributed by atoms with E-state index in [1.807, 2.05) is 0 Å².